The van der Waals surface area contributed by atoms with Crippen molar-refractivity contribution < 1.29 is 0 Å². The van der Waals surface area contributed by atoms with Crippen LogP contribution in [0.2, 0.25) is 0 Å². The topological polar surface area (TPSA) is 60.0 Å². The first-order valence-electron chi connectivity index (χ1n) is 9.15. The molecule has 1 aliphatic heterocycles. The van der Waals surface area contributed by atoms with Gasteiger partial charge in [-0.1, -0.05) is 30.3 Å². The van der Waals surface area contributed by atoms with Crippen LogP contribution in [0, 0.1) is 5.92 Å². The fraction of sp³-hybridized carbons (Fsp3) is 0.333. The first-order valence-corrected chi connectivity index (χ1v) is 9.15. The van der Waals surface area contributed by atoms with Gasteiger partial charge in [-0.05, 0) is 30.2 Å². The molecule has 0 spiro atoms. The zero-order valence-corrected chi connectivity index (χ0v) is 16.3. The van der Waals surface area contributed by atoms with E-state index in [-0.39, 0.29) is 12.4 Å². The van der Waals surface area contributed by atoms with E-state index in [2.05, 4.69) is 57.6 Å². The SMILES string of the molecule is Cl.Cn1cc(CN2C[C@@H](CN)[C@H](c3ccccc3)C2)c(-c2cccnc2)n1. The molecule has 5 nitrogen and oxygen atoms in total. The van der Waals surface area contributed by atoms with E-state index in [4.69, 9.17) is 5.73 Å². The van der Waals surface area contributed by atoms with Crippen LogP contribution in [0.5, 0.6) is 0 Å². The standard InChI is InChI=1S/C21H25N5.ClH/c1-25-12-19(21(24-25)17-8-5-9-23-11-17)14-26-13-18(10-22)20(15-26)16-6-3-2-4-7-16;/h2-9,11-12,18,20H,10,13-15,22H2,1H3;1H/t18-,20+;/m1./s1. The number of benzene rings is 1. The Bertz CT molecular complexity index is 850. The van der Waals surface area contributed by atoms with Crippen molar-refractivity contribution in [3.05, 3.63) is 72.2 Å². The summed E-state index contributed by atoms with van der Waals surface area (Å²) in [4.78, 5) is 6.75. The third-order valence-corrected chi connectivity index (χ3v) is 5.28. The summed E-state index contributed by atoms with van der Waals surface area (Å²) >= 11 is 0. The summed E-state index contributed by atoms with van der Waals surface area (Å²) in [7, 11) is 1.98. The van der Waals surface area contributed by atoms with Gasteiger partial charge in [-0.25, -0.2) is 0 Å². The lowest BCUT2D eigenvalue weighted by Gasteiger charge is -2.16. The lowest BCUT2D eigenvalue weighted by molar-refractivity contribution is 0.317. The Hall–Kier alpha value is -2.21. The van der Waals surface area contributed by atoms with E-state index in [1.54, 1.807) is 6.20 Å². The molecule has 1 aromatic carbocycles. The maximum Gasteiger partial charge on any atom is 0.0983 e. The van der Waals surface area contributed by atoms with Crippen molar-refractivity contribution in [1.29, 1.82) is 0 Å². The van der Waals surface area contributed by atoms with Crippen LogP contribution >= 0.6 is 12.4 Å². The summed E-state index contributed by atoms with van der Waals surface area (Å²) < 4.78 is 1.89. The third kappa shape index (κ3) is 4.21. The Balaban J connectivity index is 0.00000210. The summed E-state index contributed by atoms with van der Waals surface area (Å²) in [6, 6.07) is 14.8. The van der Waals surface area contributed by atoms with E-state index in [9.17, 15) is 0 Å². The van der Waals surface area contributed by atoms with Crippen LogP contribution in [0.3, 0.4) is 0 Å². The summed E-state index contributed by atoms with van der Waals surface area (Å²) in [6.07, 6.45) is 5.80. The first kappa shape index (κ1) is 19.5. The van der Waals surface area contributed by atoms with E-state index in [1.165, 1.54) is 11.1 Å². The normalized spacial score (nSPS) is 19.8. The van der Waals surface area contributed by atoms with Crippen molar-refractivity contribution in [3.8, 4) is 11.3 Å². The van der Waals surface area contributed by atoms with Crippen molar-refractivity contribution in [2.75, 3.05) is 19.6 Å². The lowest BCUT2D eigenvalue weighted by atomic mass is 9.89. The van der Waals surface area contributed by atoms with Gasteiger partial charge in [0.05, 0.1) is 5.69 Å². The molecule has 1 saturated heterocycles. The predicted octanol–water partition coefficient (Wildman–Crippen LogP) is 3.08. The molecule has 0 amide bonds. The molecule has 3 aromatic rings. The number of aryl methyl sites for hydroxylation is 1. The second-order valence-electron chi connectivity index (χ2n) is 7.13. The Morgan fingerprint density at radius 3 is 2.63 bits per heavy atom. The average molecular weight is 384 g/mol. The van der Waals surface area contributed by atoms with E-state index in [0.29, 0.717) is 11.8 Å². The molecule has 27 heavy (non-hydrogen) atoms. The highest BCUT2D eigenvalue weighted by atomic mass is 35.5. The molecule has 1 aliphatic rings. The number of hydrogen-bond acceptors (Lipinski definition) is 4. The summed E-state index contributed by atoms with van der Waals surface area (Å²) in [5, 5.41) is 4.66. The highest BCUT2D eigenvalue weighted by Gasteiger charge is 2.33. The number of rotatable bonds is 5. The van der Waals surface area contributed by atoms with Crippen LogP contribution < -0.4 is 5.73 Å². The molecule has 0 saturated carbocycles. The number of nitrogens with two attached hydrogens (primary N) is 1. The molecule has 2 aromatic heterocycles. The van der Waals surface area contributed by atoms with Gasteiger partial charge in [0.15, 0.2) is 0 Å². The fourth-order valence-electron chi connectivity index (χ4n) is 4.05. The van der Waals surface area contributed by atoms with Gasteiger partial charge in [-0.2, -0.15) is 5.10 Å². The van der Waals surface area contributed by atoms with Crippen LogP contribution in [0.4, 0.5) is 0 Å². The molecule has 0 bridgehead atoms. The second-order valence-corrected chi connectivity index (χ2v) is 7.13. The molecule has 2 atom stereocenters. The number of pyridine rings is 1. The van der Waals surface area contributed by atoms with E-state index < -0.39 is 0 Å². The van der Waals surface area contributed by atoms with Crippen molar-refractivity contribution in [1.82, 2.24) is 19.7 Å². The van der Waals surface area contributed by atoms with Crippen LogP contribution in [0.15, 0.2) is 61.1 Å². The molecular formula is C21H26ClN5. The van der Waals surface area contributed by atoms with E-state index >= 15 is 0 Å². The lowest BCUT2D eigenvalue weighted by Crippen LogP contribution is -2.23. The van der Waals surface area contributed by atoms with Crippen molar-refractivity contribution in [2.45, 2.75) is 12.5 Å². The second kappa shape index (κ2) is 8.65. The monoisotopic (exact) mass is 383 g/mol. The molecule has 0 radical (unpaired) electrons. The summed E-state index contributed by atoms with van der Waals surface area (Å²) in [5.41, 5.74) is 10.8. The molecular weight excluding hydrogens is 358 g/mol. The smallest absolute Gasteiger partial charge is 0.0983 e. The van der Waals surface area contributed by atoms with Gasteiger partial charge < -0.3 is 5.73 Å². The zero-order chi connectivity index (χ0) is 17.9. The Kier molecular flexibility index (Phi) is 6.26. The van der Waals surface area contributed by atoms with Crippen molar-refractivity contribution in [3.63, 3.8) is 0 Å². The predicted molar refractivity (Wildman–Crippen MR) is 111 cm³/mol. The van der Waals surface area contributed by atoms with Crippen molar-refractivity contribution in [2.24, 2.45) is 18.7 Å². The van der Waals surface area contributed by atoms with Gasteiger partial charge in [0.2, 0.25) is 0 Å². The zero-order valence-electron chi connectivity index (χ0n) is 15.5. The van der Waals surface area contributed by atoms with Gasteiger partial charge in [-0.15, -0.1) is 12.4 Å². The van der Waals surface area contributed by atoms with Crippen LogP contribution in [-0.4, -0.2) is 39.3 Å². The van der Waals surface area contributed by atoms with Gasteiger partial charge in [0.25, 0.3) is 0 Å². The van der Waals surface area contributed by atoms with Gasteiger partial charge in [0.1, 0.15) is 0 Å². The Labute approximate surface area is 166 Å². The van der Waals surface area contributed by atoms with Crippen LogP contribution in [-0.2, 0) is 13.6 Å². The third-order valence-electron chi connectivity index (χ3n) is 5.28. The Morgan fingerprint density at radius 1 is 1.11 bits per heavy atom. The maximum absolute atomic E-state index is 6.09. The van der Waals surface area contributed by atoms with Gasteiger partial charge in [0, 0.05) is 62.3 Å². The Morgan fingerprint density at radius 2 is 1.93 bits per heavy atom. The number of hydrogen-bond donors (Lipinski definition) is 1. The molecule has 2 N–H and O–H groups in total. The highest BCUT2D eigenvalue weighted by molar-refractivity contribution is 5.85. The first-order chi connectivity index (χ1) is 12.7. The van der Waals surface area contributed by atoms with Gasteiger partial charge >= 0.3 is 0 Å². The molecule has 4 rings (SSSR count). The number of likely N-dealkylation sites (tertiary alicyclic amines) is 1. The van der Waals surface area contributed by atoms with E-state index in [0.717, 1.165) is 37.4 Å². The quantitative estimate of drug-likeness (QED) is 0.735. The minimum absolute atomic E-state index is 0. The maximum atomic E-state index is 6.09. The number of halogens is 1. The molecule has 0 aliphatic carbocycles. The molecule has 0 unspecified atom stereocenters. The largest absolute Gasteiger partial charge is 0.330 e. The van der Waals surface area contributed by atoms with Gasteiger partial charge in [-0.3, -0.25) is 14.6 Å². The average Bonchev–Trinajstić information content (AvgIpc) is 3.26. The number of aromatic nitrogens is 3. The summed E-state index contributed by atoms with van der Waals surface area (Å²) in [5.74, 6) is 0.996. The minimum Gasteiger partial charge on any atom is -0.330 e. The van der Waals surface area contributed by atoms with Crippen LogP contribution in [0.1, 0.15) is 17.0 Å². The number of nitrogens with zero attached hydrogens (tertiary/aromatic N) is 4. The molecule has 1 fully saturated rings. The van der Waals surface area contributed by atoms with E-state index in [1.807, 2.05) is 24.0 Å². The molecule has 142 valence electrons. The summed E-state index contributed by atoms with van der Waals surface area (Å²) in [6.45, 7) is 3.67. The molecule has 3 heterocycles. The fourth-order valence-corrected chi connectivity index (χ4v) is 4.05. The van der Waals surface area contributed by atoms with Crippen LogP contribution in [0.25, 0.3) is 11.3 Å². The molecule has 6 heteroatoms. The highest BCUT2D eigenvalue weighted by Crippen LogP contribution is 2.33. The van der Waals surface area contributed by atoms with Crippen molar-refractivity contribution >= 4 is 12.4 Å². The minimum atomic E-state index is 0.